The van der Waals surface area contributed by atoms with Gasteiger partial charge in [0.15, 0.2) is 0 Å². The molecule has 0 aromatic heterocycles. The van der Waals surface area contributed by atoms with Gasteiger partial charge in [-0.15, -0.1) is 0 Å². The van der Waals surface area contributed by atoms with Gasteiger partial charge in [-0.25, -0.2) is 0 Å². The number of Topliss-reactive ketones (excluding diaryl/α,β-unsaturated/α-hetero) is 2. The van der Waals surface area contributed by atoms with Crippen LogP contribution in [0.5, 0.6) is 0 Å². The molecule has 0 N–H and O–H groups in total. The third-order valence-corrected chi connectivity index (χ3v) is 9.12. The van der Waals surface area contributed by atoms with E-state index >= 15 is 0 Å². The van der Waals surface area contributed by atoms with Crippen LogP contribution in [0.1, 0.15) is 54.4 Å². The normalized spacial score (nSPS) is 54.5. The molecule has 0 unspecified atom stereocenters. The maximum absolute atomic E-state index is 13.0. The molecule has 0 spiro atoms. The Hall–Kier alpha value is -0.660. The van der Waals surface area contributed by atoms with E-state index in [4.69, 9.17) is 0 Å². The van der Waals surface area contributed by atoms with E-state index in [2.05, 4.69) is 41.5 Å². The van der Waals surface area contributed by atoms with Gasteiger partial charge in [0.1, 0.15) is 11.6 Å². The molecular formula is C20H30O2. The molecule has 0 radical (unpaired) electrons. The first-order valence-corrected chi connectivity index (χ1v) is 9.17. The molecule has 0 saturated heterocycles. The summed E-state index contributed by atoms with van der Waals surface area (Å²) in [7, 11) is 0. The Morgan fingerprint density at radius 1 is 0.727 bits per heavy atom. The van der Waals surface area contributed by atoms with Crippen LogP contribution in [0.15, 0.2) is 0 Å². The van der Waals surface area contributed by atoms with Crippen molar-refractivity contribution in [1.29, 1.82) is 0 Å². The van der Waals surface area contributed by atoms with Crippen molar-refractivity contribution in [3.05, 3.63) is 0 Å². The quantitative estimate of drug-likeness (QED) is 0.734. The second-order valence-corrected chi connectivity index (χ2v) is 9.97. The number of rotatable bonds is 1. The van der Waals surface area contributed by atoms with Gasteiger partial charge >= 0.3 is 0 Å². The van der Waals surface area contributed by atoms with E-state index in [0.717, 1.165) is 12.8 Å². The average molecular weight is 302 g/mol. The number of carbonyl (C=O) groups is 2. The lowest BCUT2D eigenvalue weighted by Gasteiger charge is -2.47. The maximum Gasteiger partial charge on any atom is 0.140 e. The fraction of sp³-hybridized carbons (Fsp3) is 0.900. The van der Waals surface area contributed by atoms with Crippen molar-refractivity contribution in [2.45, 2.75) is 54.4 Å². The predicted octanol–water partition coefficient (Wildman–Crippen LogP) is 3.98. The maximum atomic E-state index is 13.0. The highest BCUT2D eigenvalue weighted by atomic mass is 16.1. The molecule has 0 aromatic carbocycles. The van der Waals surface area contributed by atoms with Gasteiger partial charge in [-0.2, -0.15) is 0 Å². The van der Waals surface area contributed by atoms with Gasteiger partial charge in [0, 0.05) is 23.7 Å². The molecule has 4 bridgehead atoms. The molecule has 4 aliphatic rings. The summed E-state index contributed by atoms with van der Waals surface area (Å²) in [5, 5.41) is 0. The molecule has 4 aliphatic carbocycles. The van der Waals surface area contributed by atoms with Crippen LogP contribution in [0.4, 0.5) is 0 Å². The smallest absolute Gasteiger partial charge is 0.140 e. The SMILES string of the molecule is C[C@@H]1[C@@H]2C[C@H]([C@H]([C@H]3C(=O)[C@@H]4C[C@@H]3C(C)(C)[C@H]4C)C2=O)C1(C)C. The summed E-state index contributed by atoms with van der Waals surface area (Å²) >= 11 is 0. The fourth-order valence-electron chi connectivity index (χ4n) is 6.96. The standard InChI is InChI=1S/C20H30O2/c1-9-11-7-13(19(9,3)4)15(17(11)21)16-14-8-12(18(16)22)10(2)20(14,5)6/h9-16H,7-8H2,1-6H3/t9-,10+,11+,12-,13-,14+,15-,16+. The van der Waals surface area contributed by atoms with Gasteiger partial charge < -0.3 is 0 Å². The Balaban J connectivity index is 1.72. The van der Waals surface area contributed by atoms with E-state index in [1.165, 1.54) is 0 Å². The molecule has 4 rings (SSSR count). The van der Waals surface area contributed by atoms with Gasteiger partial charge in [0.2, 0.25) is 0 Å². The lowest BCUT2D eigenvalue weighted by molar-refractivity contribution is -0.145. The molecule has 2 nitrogen and oxygen atoms in total. The van der Waals surface area contributed by atoms with Crippen molar-refractivity contribution in [1.82, 2.24) is 0 Å². The molecule has 22 heavy (non-hydrogen) atoms. The molecule has 0 aromatic rings. The van der Waals surface area contributed by atoms with Crippen molar-refractivity contribution in [3.63, 3.8) is 0 Å². The van der Waals surface area contributed by atoms with Crippen LogP contribution < -0.4 is 0 Å². The monoisotopic (exact) mass is 302 g/mol. The van der Waals surface area contributed by atoms with Crippen LogP contribution >= 0.6 is 0 Å². The first kappa shape index (κ1) is 14.9. The van der Waals surface area contributed by atoms with Crippen molar-refractivity contribution in [2.24, 2.45) is 58.2 Å². The average Bonchev–Trinajstić information content (AvgIpc) is 3.06. The van der Waals surface area contributed by atoms with Crippen molar-refractivity contribution in [3.8, 4) is 0 Å². The highest BCUT2D eigenvalue weighted by Gasteiger charge is 2.68. The summed E-state index contributed by atoms with van der Waals surface area (Å²) in [5.41, 5.74) is 0.419. The fourth-order valence-corrected chi connectivity index (χ4v) is 6.96. The summed E-state index contributed by atoms with van der Waals surface area (Å²) < 4.78 is 0. The third kappa shape index (κ3) is 1.43. The lowest BCUT2D eigenvalue weighted by atomic mass is 9.55. The van der Waals surface area contributed by atoms with Crippen LogP contribution in [0.3, 0.4) is 0 Å². The summed E-state index contributed by atoms with van der Waals surface area (Å²) in [5.74, 6) is 3.19. The lowest BCUT2D eigenvalue weighted by Crippen LogP contribution is -2.50. The summed E-state index contributed by atoms with van der Waals surface area (Å²) in [4.78, 5) is 26.0. The third-order valence-electron chi connectivity index (χ3n) is 9.12. The second-order valence-electron chi connectivity index (χ2n) is 9.97. The molecule has 0 aliphatic heterocycles. The number of ketones is 2. The van der Waals surface area contributed by atoms with E-state index < -0.39 is 0 Å². The van der Waals surface area contributed by atoms with Crippen LogP contribution in [0, 0.1) is 58.2 Å². The molecular weight excluding hydrogens is 272 g/mol. The summed E-state index contributed by atoms with van der Waals surface area (Å²) in [6.07, 6.45) is 2.07. The van der Waals surface area contributed by atoms with E-state index in [1.54, 1.807) is 0 Å². The van der Waals surface area contributed by atoms with Crippen LogP contribution in [0.2, 0.25) is 0 Å². The predicted molar refractivity (Wildman–Crippen MR) is 86.1 cm³/mol. The molecule has 8 atom stereocenters. The number of hydrogen-bond acceptors (Lipinski definition) is 2. The Kier molecular flexibility index (Phi) is 2.74. The van der Waals surface area contributed by atoms with Gasteiger partial charge in [-0.1, -0.05) is 41.5 Å². The minimum atomic E-state index is 0.0328. The Bertz CT molecular complexity index is 508. The van der Waals surface area contributed by atoms with Gasteiger partial charge in [0.25, 0.3) is 0 Å². The van der Waals surface area contributed by atoms with E-state index in [0.29, 0.717) is 35.2 Å². The largest absolute Gasteiger partial charge is 0.299 e. The van der Waals surface area contributed by atoms with Crippen LogP contribution in [-0.2, 0) is 9.59 Å². The molecule has 4 saturated carbocycles. The first-order chi connectivity index (χ1) is 10.1. The van der Waals surface area contributed by atoms with E-state index in [9.17, 15) is 9.59 Å². The Morgan fingerprint density at radius 2 is 1.05 bits per heavy atom. The minimum Gasteiger partial charge on any atom is -0.299 e. The molecule has 0 heterocycles. The van der Waals surface area contributed by atoms with Gasteiger partial charge in [-0.3, -0.25) is 9.59 Å². The van der Waals surface area contributed by atoms with Gasteiger partial charge in [0.05, 0.1) is 0 Å². The van der Waals surface area contributed by atoms with E-state index in [1.807, 2.05) is 0 Å². The van der Waals surface area contributed by atoms with Crippen LogP contribution in [-0.4, -0.2) is 11.6 Å². The van der Waals surface area contributed by atoms with Crippen LogP contribution in [0.25, 0.3) is 0 Å². The van der Waals surface area contributed by atoms with E-state index in [-0.39, 0.29) is 34.5 Å². The molecule has 122 valence electrons. The molecule has 2 heteroatoms. The van der Waals surface area contributed by atoms with Gasteiger partial charge in [-0.05, 0) is 47.3 Å². The van der Waals surface area contributed by atoms with Crippen molar-refractivity contribution >= 4 is 11.6 Å². The Labute approximate surface area is 134 Å². The summed E-state index contributed by atoms with van der Waals surface area (Å²) in [6.45, 7) is 13.8. The zero-order chi connectivity index (χ0) is 16.2. The topological polar surface area (TPSA) is 34.1 Å². The zero-order valence-corrected chi connectivity index (χ0v) is 14.8. The number of carbonyl (C=O) groups excluding carboxylic acids is 2. The number of fused-ring (bicyclic) bond motifs is 4. The zero-order valence-electron chi connectivity index (χ0n) is 14.8. The number of hydrogen-bond donors (Lipinski definition) is 0. The summed E-state index contributed by atoms with van der Waals surface area (Å²) in [6, 6.07) is 0. The minimum absolute atomic E-state index is 0.0328. The Morgan fingerprint density at radius 3 is 1.32 bits per heavy atom. The van der Waals surface area contributed by atoms with Crippen molar-refractivity contribution in [2.75, 3.05) is 0 Å². The van der Waals surface area contributed by atoms with Crippen molar-refractivity contribution < 1.29 is 9.59 Å². The highest BCUT2D eigenvalue weighted by molar-refractivity contribution is 5.96. The highest BCUT2D eigenvalue weighted by Crippen LogP contribution is 2.68. The first-order valence-electron chi connectivity index (χ1n) is 9.17. The molecule has 4 fully saturated rings. The molecule has 0 amide bonds. The second kappa shape index (κ2) is 4.05.